The van der Waals surface area contributed by atoms with Crippen molar-refractivity contribution < 1.29 is 13.9 Å². The average molecular weight is 188 g/mol. The summed E-state index contributed by atoms with van der Waals surface area (Å²) in [5.41, 5.74) is 5.35. The third-order valence-corrected chi connectivity index (χ3v) is 1.75. The van der Waals surface area contributed by atoms with Gasteiger partial charge in [0.05, 0.1) is 12.3 Å². The lowest BCUT2D eigenvalue weighted by atomic mass is 10.1. The summed E-state index contributed by atoms with van der Waals surface area (Å²) in [4.78, 5) is 3.64. The summed E-state index contributed by atoms with van der Waals surface area (Å²) >= 11 is 0. The van der Waals surface area contributed by atoms with E-state index in [9.17, 15) is 8.78 Å². The molecule has 1 heterocycles. The standard InChI is InChI=1S/C8H10F2N2O/c9-8(10)7-5(3-11)1-2-12-6(7)4-13/h1-2,8,13H,3-4,11H2. The van der Waals surface area contributed by atoms with E-state index in [2.05, 4.69) is 4.98 Å². The minimum atomic E-state index is -2.64. The number of nitrogens with zero attached hydrogens (tertiary/aromatic N) is 1. The summed E-state index contributed by atoms with van der Waals surface area (Å²) in [5.74, 6) is 0. The van der Waals surface area contributed by atoms with Crippen molar-refractivity contribution in [1.82, 2.24) is 4.98 Å². The van der Waals surface area contributed by atoms with Crippen LogP contribution in [0, 0.1) is 0 Å². The quantitative estimate of drug-likeness (QED) is 0.743. The zero-order valence-electron chi connectivity index (χ0n) is 6.87. The Hall–Kier alpha value is -1.07. The number of alkyl halides is 2. The molecular weight excluding hydrogens is 178 g/mol. The Kier molecular flexibility index (Phi) is 3.27. The SMILES string of the molecule is NCc1ccnc(CO)c1C(F)F. The molecule has 1 aromatic rings. The molecule has 0 bridgehead atoms. The number of aromatic nitrogens is 1. The smallest absolute Gasteiger partial charge is 0.266 e. The molecule has 0 amide bonds. The van der Waals surface area contributed by atoms with Gasteiger partial charge in [0, 0.05) is 18.3 Å². The topological polar surface area (TPSA) is 59.1 Å². The molecule has 1 rings (SSSR count). The summed E-state index contributed by atoms with van der Waals surface area (Å²) in [6.07, 6.45) is -1.28. The highest BCUT2D eigenvalue weighted by molar-refractivity contribution is 5.30. The highest BCUT2D eigenvalue weighted by atomic mass is 19.3. The minimum absolute atomic E-state index is 0.00190. The van der Waals surface area contributed by atoms with Crippen molar-refractivity contribution in [2.75, 3.05) is 0 Å². The van der Waals surface area contributed by atoms with Crippen LogP contribution in [0.1, 0.15) is 23.2 Å². The highest BCUT2D eigenvalue weighted by Crippen LogP contribution is 2.25. The Morgan fingerprint density at radius 2 is 2.23 bits per heavy atom. The first-order valence-electron chi connectivity index (χ1n) is 3.76. The molecule has 0 spiro atoms. The molecule has 0 radical (unpaired) electrons. The van der Waals surface area contributed by atoms with E-state index in [-0.39, 0.29) is 17.8 Å². The zero-order valence-corrected chi connectivity index (χ0v) is 6.87. The molecule has 3 nitrogen and oxygen atoms in total. The minimum Gasteiger partial charge on any atom is -0.390 e. The Bertz CT molecular complexity index is 269. The van der Waals surface area contributed by atoms with Gasteiger partial charge < -0.3 is 10.8 Å². The van der Waals surface area contributed by atoms with Crippen LogP contribution in [0.25, 0.3) is 0 Å². The van der Waals surface area contributed by atoms with Gasteiger partial charge in [0.1, 0.15) is 0 Å². The Morgan fingerprint density at radius 3 is 2.69 bits per heavy atom. The molecule has 0 unspecified atom stereocenters. The summed E-state index contributed by atoms with van der Waals surface area (Å²) in [6, 6.07) is 1.43. The van der Waals surface area contributed by atoms with Crippen molar-refractivity contribution in [3.05, 3.63) is 29.1 Å². The first-order valence-corrected chi connectivity index (χ1v) is 3.76. The molecule has 0 aliphatic rings. The van der Waals surface area contributed by atoms with Crippen LogP contribution in [0.2, 0.25) is 0 Å². The van der Waals surface area contributed by atoms with Gasteiger partial charge in [-0.15, -0.1) is 0 Å². The van der Waals surface area contributed by atoms with Gasteiger partial charge >= 0.3 is 0 Å². The number of rotatable bonds is 3. The van der Waals surface area contributed by atoms with Crippen molar-refractivity contribution in [3.63, 3.8) is 0 Å². The summed E-state index contributed by atoms with van der Waals surface area (Å²) < 4.78 is 24.9. The van der Waals surface area contributed by atoms with Gasteiger partial charge in [-0.05, 0) is 11.6 Å². The molecule has 1 aromatic heterocycles. The zero-order chi connectivity index (χ0) is 9.84. The van der Waals surface area contributed by atoms with Crippen molar-refractivity contribution in [1.29, 1.82) is 0 Å². The van der Waals surface area contributed by atoms with Crippen LogP contribution >= 0.6 is 0 Å². The molecular formula is C8H10F2N2O. The van der Waals surface area contributed by atoms with Gasteiger partial charge in [-0.3, -0.25) is 4.98 Å². The Morgan fingerprint density at radius 1 is 1.54 bits per heavy atom. The predicted octanol–water partition coefficient (Wildman–Crippen LogP) is 0.970. The molecule has 5 heteroatoms. The second kappa shape index (κ2) is 4.25. The fraction of sp³-hybridized carbons (Fsp3) is 0.375. The third-order valence-electron chi connectivity index (χ3n) is 1.75. The number of nitrogens with two attached hydrogens (primary N) is 1. The van der Waals surface area contributed by atoms with E-state index in [1.54, 1.807) is 0 Å². The van der Waals surface area contributed by atoms with Gasteiger partial charge in [0.15, 0.2) is 0 Å². The number of aliphatic hydroxyl groups excluding tert-OH is 1. The first kappa shape index (κ1) is 10.0. The van der Waals surface area contributed by atoms with Gasteiger partial charge in [-0.1, -0.05) is 0 Å². The molecule has 3 N–H and O–H groups in total. The van der Waals surface area contributed by atoms with Crippen LogP contribution in [0.15, 0.2) is 12.3 Å². The first-order chi connectivity index (χ1) is 6.20. The normalized spacial score (nSPS) is 10.8. The Labute approximate surface area is 74.2 Å². The van der Waals surface area contributed by atoms with E-state index >= 15 is 0 Å². The number of hydrogen-bond acceptors (Lipinski definition) is 3. The van der Waals surface area contributed by atoms with Crippen LogP contribution < -0.4 is 5.73 Å². The van der Waals surface area contributed by atoms with E-state index in [0.29, 0.717) is 5.56 Å². The maximum absolute atomic E-state index is 12.5. The van der Waals surface area contributed by atoms with Crippen LogP contribution in [-0.2, 0) is 13.2 Å². The molecule has 0 saturated carbocycles. The van der Waals surface area contributed by atoms with E-state index < -0.39 is 13.0 Å². The van der Waals surface area contributed by atoms with Gasteiger partial charge in [0.25, 0.3) is 6.43 Å². The van der Waals surface area contributed by atoms with Crippen LogP contribution in [0.5, 0.6) is 0 Å². The maximum Gasteiger partial charge on any atom is 0.266 e. The fourth-order valence-corrected chi connectivity index (χ4v) is 1.13. The number of aliphatic hydroxyl groups is 1. The van der Waals surface area contributed by atoms with Crippen molar-refractivity contribution in [3.8, 4) is 0 Å². The van der Waals surface area contributed by atoms with E-state index in [1.165, 1.54) is 12.3 Å². The lowest BCUT2D eigenvalue weighted by molar-refractivity contribution is 0.145. The van der Waals surface area contributed by atoms with Crippen molar-refractivity contribution in [2.45, 2.75) is 19.6 Å². The highest BCUT2D eigenvalue weighted by Gasteiger charge is 2.17. The second-order valence-corrected chi connectivity index (χ2v) is 2.49. The Balaban J connectivity index is 3.21. The van der Waals surface area contributed by atoms with E-state index in [0.717, 1.165) is 0 Å². The summed E-state index contributed by atoms with van der Waals surface area (Å²) in [7, 11) is 0. The lowest BCUT2D eigenvalue weighted by Gasteiger charge is -2.09. The largest absolute Gasteiger partial charge is 0.390 e. The van der Waals surface area contributed by atoms with Gasteiger partial charge in [0.2, 0.25) is 0 Å². The number of hydrogen-bond donors (Lipinski definition) is 2. The molecule has 0 atom stereocenters. The third kappa shape index (κ3) is 1.99. The van der Waals surface area contributed by atoms with Crippen LogP contribution in [0.4, 0.5) is 8.78 Å². The summed E-state index contributed by atoms with van der Waals surface area (Å²) in [5, 5.41) is 8.75. The fourth-order valence-electron chi connectivity index (χ4n) is 1.13. The lowest BCUT2D eigenvalue weighted by Crippen LogP contribution is -2.07. The molecule has 0 fully saturated rings. The molecule has 72 valence electrons. The second-order valence-electron chi connectivity index (χ2n) is 2.49. The predicted molar refractivity (Wildman–Crippen MR) is 43.0 cm³/mol. The molecule has 0 aliphatic carbocycles. The van der Waals surface area contributed by atoms with E-state index in [1.807, 2.05) is 0 Å². The van der Waals surface area contributed by atoms with Crippen molar-refractivity contribution in [2.24, 2.45) is 5.73 Å². The van der Waals surface area contributed by atoms with Gasteiger partial charge in [-0.2, -0.15) is 0 Å². The molecule has 0 saturated heterocycles. The number of halogens is 2. The molecule has 0 aliphatic heterocycles. The molecule has 13 heavy (non-hydrogen) atoms. The summed E-state index contributed by atoms with van der Waals surface area (Å²) in [6.45, 7) is -0.470. The molecule has 0 aromatic carbocycles. The van der Waals surface area contributed by atoms with Crippen molar-refractivity contribution >= 4 is 0 Å². The monoisotopic (exact) mass is 188 g/mol. The van der Waals surface area contributed by atoms with E-state index in [4.69, 9.17) is 10.8 Å². The van der Waals surface area contributed by atoms with Gasteiger partial charge in [-0.25, -0.2) is 8.78 Å². The number of pyridine rings is 1. The average Bonchev–Trinajstić information content (AvgIpc) is 2.16. The maximum atomic E-state index is 12.5. The van der Waals surface area contributed by atoms with Crippen LogP contribution in [-0.4, -0.2) is 10.1 Å². The van der Waals surface area contributed by atoms with Crippen LogP contribution in [0.3, 0.4) is 0 Å².